The SMILES string of the molecule is CCc1ccc2oc(C(=O)NCC(c3ccc(C)o3)N3CCCCC3)cc(=O)c2c1.Cl. The summed E-state index contributed by atoms with van der Waals surface area (Å²) in [6, 6.07) is 10.7. The van der Waals surface area contributed by atoms with Crippen molar-refractivity contribution in [3.05, 3.63) is 69.5 Å². The maximum atomic E-state index is 12.8. The average Bonchev–Trinajstić information content (AvgIpc) is 3.20. The Hall–Kier alpha value is -2.57. The molecule has 1 N–H and O–H groups in total. The lowest BCUT2D eigenvalue weighted by Crippen LogP contribution is -2.40. The maximum Gasteiger partial charge on any atom is 0.287 e. The summed E-state index contributed by atoms with van der Waals surface area (Å²) in [7, 11) is 0. The van der Waals surface area contributed by atoms with Crippen LogP contribution in [-0.2, 0) is 6.42 Å². The number of carbonyl (C=O) groups excluding carboxylic acids is 1. The first-order chi connectivity index (χ1) is 14.5. The summed E-state index contributed by atoms with van der Waals surface area (Å²) in [5, 5.41) is 3.45. The van der Waals surface area contributed by atoms with E-state index in [1.54, 1.807) is 6.07 Å². The molecule has 2 aromatic heterocycles. The van der Waals surface area contributed by atoms with Gasteiger partial charge >= 0.3 is 0 Å². The highest BCUT2D eigenvalue weighted by molar-refractivity contribution is 5.93. The number of furan rings is 1. The van der Waals surface area contributed by atoms with Crippen LogP contribution in [0.4, 0.5) is 0 Å². The first kappa shape index (κ1) is 23.1. The van der Waals surface area contributed by atoms with Crippen LogP contribution in [0.1, 0.15) is 59.9 Å². The minimum atomic E-state index is -0.390. The summed E-state index contributed by atoms with van der Waals surface area (Å²) in [5.74, 6) is 1.34. The second kappa shape index (κ2) is 10.2. The number of rotatable bonds is 6. The van der Waals surface area contributed by atoms with Gasteiger partial charge in [0, 0.05) is 12.6 Å². The van der Waals surface area contributed by atoms with Crippen LogP contribution in [0.25, 0.3) is 11.0 Å². The minimum Gasteiger partial charge on any atom is -0.465 e. The van der Waals surface area contributed by atoms with E-state index in [0.29, 0.717) is 17.5 Å². The van der Waals surface area contributed by atoms with Crippen molar-refractivity contribution in [1.29, 1.82) is 0 Å². The number of hydrogen-bond acceptors (Lipinski definition) is 5. The lowest BCUT2D eigenvalue weighted by atomic mass is 10.1. The molecular formula is C24H29ClN2O4. The highest BCUT2D eigenvalue weighted by Crippen LogP contribution is 2.26. The van der Waals surface area contributed by atoms with E-state index in [1.165, 1.54) is 12.5 Å². The first-order valence-electron chi connectivity index (χ1n) is 10.7. The zero-order valence-electron chi connectivity index (χ0n) is 18.0. The van der Waals surface area contributed by atoms with Gasteiger partial charge in [-0.15, -0.1) is 12.4 Å². The van der Waals surface area contributed by atoms with E-state index in [1.807, 2.05) is 38.1 Å². The Morgan fingerprint density at radius 3 is 2.55 bits per heavy atom. The maximum absolute atomic E-state index is 12.8. The summed E-state index contributed by atoms with van der Waals surface area (Å²) in [6.45, 7) is 6.30. The Labute approximate surface area is 188 Å². The largest absolute Gasteiger partial charge is 0.465 e. The summed E-state index contributed by atoms with van der Waals surface area (Å²) >= 11 is 0. The van der Waals surface area contributed by atoms with E-state index < -0.39 is 0 Å². The molecule has 1 aromatic carbocycles. The van der Waals surface area contributed by atoms with E-state index in [-0.39, 0.29) is 35.5 Å². The van der Waals surface area contributed by atoms with E-state index in [4.69, 9.17) is 8.83 Å². The molecule has 1 unspecified atom stereocenters. The molecule has 7 heteroatoms. The van der Waals surface area contributed by atoms with Crippen LogP contribution in [0.3, 0.4) is 0 Å². The van der Waals surface area contributed by atoms with E-state index in [0.717, 1.165) is 49.4 Å². The number of hydrogen-bond donors (Lipinski definition) is 1. The lowest BCUT2D eigenvalue weighted by molar-refractivity contribution is 0.0887. The predicted octanol–water partition coefficient (Wildman–Crippen LogP) is 4.64. The molecule has 0 radical (unpaired) electrons. The number of nitrogens with zero attached hydrogens (tertiary/aromatic N) is 1. The standard InChI is InChI=1S/C24H28N2O4.ClH/c1-3-17-8-10-21-18(13-17)20(27)14-23(30-21)24(28)25-15-19(22-9-7-16(2)29-22)26-11-5-4-6-12-26;/h7-10,13-14,19H,3-6,11-12,15H2,1-2H3,(H,25,28);1H. The fraction of sp³-hybridized carbons (Fsp3) is 0.417. The van der Waals surface area contributed by atoms with Gasteiger partial charge in [0.15, 0.2) is 11.2 Å². The molecule has 0 aliphatic carbocycles. The van der Waals surface area contributed by atoms with Crippen LogP contribution in [0.15, 0.2) is 50.0 Å². The van der Waals surface area contributed by atoms with Crippen molar-refractivity contribution < 1.29 is 13.6 Å². The highest BCUT2D eigenvalue weighted by atomic mass is 35.5. The molecule has 1 atom stereocenters. The Kier molecular flexibility index (Phi) is 7.57. The molecule has 1 aliphatic heterocycles. The van der Waals surface area contributed by atoms with Crippen LogP contribution in [0.5, 0.6) is 0 Å². The fourth-order valence-corrected chi connectivity index (χ4v) is 4.08. The summed E-state index contributed by atoms with van der Waals surface area (Å²) in [4.78, 5) is 27.7. The van der Waals surface area contributed by atoms with Gasteiger partial charge in [-0.3, -0.25) is 14.5 Å². The van der Waals surface area contributed by atoms with Crippen molar-refractivity contribution in [2.24, 2.45) is 0 Å². The van der Waals surface area contributed by atoms with E-state index in [9.17, 15) is 9.59 Å². The van der Waals surface area contributed by atoms with Gasteiger partial charge in [-0.05, 0) is 69.1 Å². The molecule has 166 valence electrons. The van der Waals surface area contributed by atoms with Gasteiger partial charge in [-0.1, -0.05) is 19.4 Å². The Balaban J connectivity index is 0.00000272. The van der Waals surface area contributed by atoms with Crippen molar-refractivity contribution in [3.63, 3.8) is 0 Å². The first-order valence-corrected chi connectivity index (χ1v) is 10.7. The van der Waals surface area contributed by atoms with Crippen molar-refractivity contribution in [3.8, 4) is 0 Å². The smallest absolute Gasteiger partial charge is 0.287 e. The number of benzene rings is 1. The third-order valence-corrected chi connectivity index (χ3v) is 5.80. The number of aryl methyl sites for hydroxylation is 2. The fourth-order valence-electron chi connectivity index (χ4n) is 4.08. The summed E-state index contributed by atoms with van der Waals surface area (Å²) in [6.07, 6.45) is 4.35. The molecule has 1 saturated heterocycles. The second-order valence-corrected chi connectivity index (χ2v) is 7.93. The van der Waals surface area contributed by atoms with Crippen molar-refractivity contribution in [2.75, 3.05) is 19.6 Å². The zero-order chi connectivity index (χ0) is 21.1. The molecule has 0 bridgehead atoms. The number of likely N-dealkylation sites (tertiary alicyclic amines) is 1. The molecule has 1 fully saturated rings. The Morgan fingerprint density at radius 1 is 1.10 bits per heavy atom. The van der Waals surface area contributed by atoms with Gasteiger partial charge < -0.3 is 14.2 Å². The zero-order valence-corrected chi connectivity index (χ0v) is 18.8. The minimum absolute atomic E-state index is 0. The normalized spacial score (nSPS) is 15.4. The van der Waals surface area contributed by atoms with Crippen LogP contribution >= 0.6 is 12.4 Å². The van der Waals surface area contributed by atoms with Gasteiger partial charge in [0.05, 0.1) is 11.4 Å². The van der Waals surface area contributed by atoms with Crippen LogP contribution in [0.2, 0.25) is 0 Å². The molecule has 31 heavy (non-hydrogen) atoms. The van der Waals surface area contributed by atoms with Gasteiger partial charge in [0.25, 0.3) is 5.91 Å². The van der Waals surface area contributed by atoms with Gasteiger partial charge in [0.1, 0.15) is 17.1 Å². The number of amides is 1. The van der Waals surface area contributed by atoms with Gasteiger partial charge in [-0.2, -0.15) is 0 Å². The lowest BCUT2D eigenvalue weighted by Gasteiger charge is -2.33. The molecule has 4 rings (SSSR count). The molecular weight excluding hydrogens is 416 g/mol. The quantitative estimate of drug-likeness (QED) is 0.599. The highest BCUT2D eigenvalue weighted by Gasteiger charge is 2.26. The Morgan fingerprint density at radius 2 is 1.87 bits per heavy atom. The topological polar surface area (TPSA) is 75.7 Å². The second-order valence-electron chi connectivity index (χ2n) is 7.93. The van der Waals surface area contributed by atoms with Crippen molar-refractivity contribution >= 4 is 29.3 Å². The number of halogens is 1. The van der Waals surface area contributed by atoms with Crippen molar-refractivity contribution in [1.82, 2.24) is 10.2 Å². The molecule has 1 aliphatic rings. The van der Waals surface area contributed by atoms with Gasteiger partial charge in [0.2, 0.25) is 0 Å². The molecule has 3 aromatic rings. The molecule has 0 saturated carbocycles. The summed E-state index contributed by atoms with van der Waals surface area (Å²) < 4.78 is 11.6. The van der Waals surface area contributed by atoms with Crippen molar-refractivity contribution in [2.45, 2.75) is 45.6 Å². The third kappa shape index (κ3) is 5.20. The third-order valence-electron chi connectivity index (χ3n) is 5.80. The van der Waals surface area contributed by atoms with E-state index >= 15 is 0 Å². The number of carbonyl (C=O) groups is 1. The van der Waals surface area contributed by atoms with Crippen LogP contribution in [0, 0.1) is 6.92 Å². The van der Waals surface area contributed by atoms with Crippen LogP contribution < -0.4 is 10.7 Å². The summed E-state index contributed by atoms with van der Waals surface area (Å²) in [5.41, 5.74) is 1.29. The number of fused-ring (bicyclic) bond motifs is 1. The van der Waals surface area contributed by atoms with Crippen LogP contribution in [-0.4, -0.2) is 30.4 Å². The monoisotopic (exact) mass is 444 g/mol. The predicted molar refractivity (Wildman–Crippen MR) is 123 cm³/mol. The molecule has 6 nitrogen and oxygen atoms in total. The number of piperidine rings is 1. The number of nitrogens with one attached hydrogen (secondary N) is 1. The average molecular weight is 445 g/mol. The van der Waals surface area contributed by atoms with Gasteiger partial charge in [-0.25, -0.2) is 0 Å². The van der Waals surface area contributed by atoms with E-state index in [2.05, 4.69) is 10.2 Å². The molecule has 3 heterocycles. The molecule has 0 spiro atoms. The Bertz CT molecular complexity index is 1100. The molecule has 1 amide bonds.